The Bertz CT molecular complexity index is 498. The third-order valence-corrected chi connectivity index (χ3v) is 3.06. The maximum absolute atomic E-state index is 13.6. The lowest BCUT2D eigenvalue weighted by Gasteiger charge is -2.19. The Kier molecular flexibility index (Phi) is 3.30. The smallest absolute Gasteiger partial charge is 0.257 e. The molecular weight excluding hydrogens is 243 g/mol. The molecule has 0 saturated carbocycles. The molecule has 1 aromatic carbocycles. The molecule has 0 spiro atoms. The first kappa shape index (κ1) is 11.9. The highest BCUT2D eigenvalue weighted by Gasteiger charge is 2.30. The van der Waals surface area contributed by atoms with Gasteiger partial charge >= 0.3 is 0 Å². The molecular formula is C12H10ClFN2O. The van der Waals surface area contributed by atoms with E-state index in [2.05, 4.69) is 6.07 Å². The zero-order valence-electron chi connectivity index (χ0n) is 8.99. The van der Waals surface area contributed by atoms with Crippen LogP contribution in [0, 0.1) is 17.1 Å². The monoisotopic (exact) mass is 252 g/mol. The second-order valence-electron chi connectivity index (χ2n) is 3.91. The van der Waals surface area contributed by atoms with E-state index in [1.807, 2.05) is 0 Å². The van der Waals surface area contributed by atoms with Crippen LogP contribution in [-0.2, 0) is 0 Å². The van der Waals surface area contributed by atoms with E-state index in [4.69, 9.17) is 16.9 Å². The highest BCUT2D eigenvalue weighted by atomic mass is 35.5. The van der Waals surface area contributed by atoms with Gasteiger partial charge in [-0.1, -0.05) is 11.6 Å². The normalized spacial score (nSPS) is 19.1. The van der Waals surface area contributed by atoms with Crippen molar-refractivity contribution in [1.82, 2.24) is 4.90 Å². The van der Waals surface area contributed by atoms with Crippen molar-refractivity contribution < 1.29 is 9.18 Å². The highest BCUT2D eigenvalue weighted by Crippen LogP contribution is 2.22. The molecule has 1 unspecified atom stereocenters. The van der Waals surface area contributed by atoms with E-state index in [9.17, 15) is 9.18 Å². The minimum absolute atomic E-state index is 0.0310. The molecule has 1 aromatic rings. The molecule has 1 heterocycles. The van der Waals surface area contributed by atoms with Crippen molar-refractivity contribution in [2.75, 3.05) is 6.54 Å². The summed E-state index contributed by atoms with van der Waals surface area (Å²) < 4.78 is 13.6. The fourth-order valence-electron chi connectivity index (χ4n) is 1.96. The summed E-state index contributed by atoms with van der Waals surface area (Å²) in [7, 11) is 0. The van der Waals surface area contributed by atoms with Crippen molar-refractivity contribution in [3.05, 3.63) is 34.6 Å². The number of likely N-dealkylation sites (tertiary alicyclic amines) is 1. The molecule has 1 fully saturated rings. The van der Waals surface area contributed by atoms with E-state index in [1.54, 1.807) is 0 Å². The summed E-state index contributed by atoms with van der Waals surface area (Å²) >= 11 is 5.62. The number of amides is 1. The summed E-state index contributed by atoms with van der Waals surface area (Å²) in [6.45, 7) is 0.499. The van der Waals surface area contributed by atoms with Gasteiger partial charge in [0.25, 0.3) is 5.91 Å². The molecule has 1 saturated heterocycles. The lowest BCUT2D eigenvalue weighted by atomic mass is 10.1. The predicted molar refractivity (Wildman–Crippen MR) is 61.1 cm³/mol. The van der Waals surface area contributed by atoms with Gasteiger partial charge in [0.1, 0.15) is 11.9 Å². The van der Waals surface area contributed by atoms with E-state index in [0.717, 1.165) is 12.5 Å². The van der Waals surface area contributed by atoms with Crippen LogP contribution in [0.25, 0.3) is 0 Å². The number of nitriles is 1. The number of hydrogen-bond donors (Lipinski definition) is 0. The van der Waals surface area contributed by atoms with E-state index >= 15 is 0 Å². The van der Waals surface area contributed by atoms with Gasteiger partial charge in [-0.15, -0.1) is 0 Å². The average molecular weight is 253 g/mol. The Morgan fingerprint density at radius 3 is 3.00 bits per heavy atom. The average Bonchev–Trinajstić information content (AvgIpc) is 2.76. The fourth-order valence-corrected chi connectivity index (χ4v) is 2.12. The van der Waals surface area contributed by atoms with Crippen molar-refractivity contribution >= 4 is 17.5 Å². The molecule has 2 rings (SSSR count). The maximum Gasteiger partial charge on any atom is 0.257 e. The molecule has 5 heteroatoms. The summed E-state index contributed by atoms with van der Waals surface area (Å²) in [6, 6.07) is 5.53. The van der Waals surface area contributed by atoms with Gasteiger partial charge < -0.3 is 4.90 Å². The molecule has 88 valence electrons. The van der Waals surface area contributed by atoms with E-state index in [-0.39, 0.29) is 10.6 Å². The molecule has 0 aliphatic carbocycles. The van der Waals surface area contributed by atoms with Crippen molar-refractivity contribution in [3.63, 3.8) is 0 Å². The summed E-state index contributed by atoms with van der Waals surface area (Å²) in [4.78, 5) is 13.4. The van der Waals surface area contributed by atoms with Crippen LogP contribution >= 0.6 is 11.6 Å². The first-order valence-electron chi connectivity index (χ1n) is 5.29. The van der Waals surface area contributed by atoms with Gasteiger partial charge in [0.2, 0.25) is 0 Å². The number of halogens is 2. The third kappa shape index (κ3) is 2.25. The number of carbonyl (C=O) groups excluding carboxylic acids is 1. The van der Waals surface area contributed by atoms with Gasteiger partial charge in [0.15, 0.2) is 0 Å². The molecule has 3 nitrogen and oxygen atoms in total. The van der Waals surface area contributed by atoms with Crippen LogP contribution in [0.1, 0.15) is 23.2 Å². The van der Waals surface area contributed by atoms with Gasteiger partial charge in [-0.05, 0) is 31.0 Å². The minimum atomic E-state index is -0.647. The lowest BCUT2D eigenvalue weighted by Crippen LogP contribution is -2.35. The van der Waals surface area contributed by atoms with Crippen molar-refractivity contribution in [3.8, 4) is 6.07 Å². The van der Waals surface area contributed by atoms with Crippen LogP contribution in [0.3, 0.4) is 0 Å². The Morgan fingerprint density at radius 2 is 2.35 bits per heavy atom. The van der Waals surface area contributed by atoms with Crippen LogP contribution in [0.15, 0.2) is 18.2 Å². The second-order valence-corrected chi connectivity index (χ2v) is 4.35. The number of rotatable bonds is 1. The lowest BCUT2D eigenvalue weighted by molar-refractivity contribution is 0.0760. The van der Waals surface area contributed by atoms with E-state index in [0.29, 0.717) is 13.0 Å². The molecule has 0 radical (unpaired) electrons. The van der Waals surface area contributed by atoms with Gasteiger partial charge in [-0.2, -0.15) is 5.26 Å². The summed E-state index contributed by atoms with van der Waals surface area (Å²) in [6.07, 6.45) is 1.43. The number of hydrogen-bond acceptors (Lipinski definition) is 2. The zero-order chi connectivity index (χ0) is 12.4. The van der Waals surface area contributed by atoms with Crippen LogP contribution in [0.5, 0.6) is 0 Å². The first-order valence-corrected chi connectivity index (χ1v) is 5.67. The summed E-state index contributed by atoms with van der Waals surface area (Å²) in [5.41, 5.74) is -0.0310. The Labute approximate surface area is 103 Å². The van der Waals surface area contributed by atoms with E-state index in [1.165, 1.54) is 17.0 Å². The summed E-state index contributed by atoms with van der Waals surface area (Å²) in [5, 5.41) is 9.13. The van der Waals surface area contributed by atoms with Crippen molar-refractivity contribution in [1.29, 1.82) is 5.26 Å². The number of nitrogens with zero attached hydrogens (tertiary/aromatic N) is 2. The van der Waals surface area contributed by atoms with Gasteiger partial charge in [-0.25, -0.2) is 4.39 Å². The van der Waals surface area contributed by atoms with E-state index < -0.39 is 17.8 Å². The third-order valence-electron chi connectivity index (χ3n) is 2.82. The van der Waals surface area contributed by atoms with Gasteiger partial charge in [0, 0.05) is 11.6 Å². The van der Waals surface area contributed by atoms with Gasteiger partial charge in [0.05, 0.1) is 11.6 Å². The Hall–Kier alpha value is -1.60. The minimum Gasteiger partial charge on any atom is -0.323 e. The maximum atomic E-state index is 13.6. The second kappa shape index (κ2) is 4.72. The Balaban J connectivity index is 2.28. The van der Waals surface area contributed by atoms with Crippen molar-refractivity contribution in [2.45, 2.75) is 18.9 Å². The zero-order valence-corrected chi connectivity index (χ0v) is 9.75. The molecule has 1 amide bonds. The molecule has 1 atom stereocenters. The van der Waals surface area contributed by atoms with Crippen LogP contribution in [0.4, 0.5) is 4.39 Å². The molecule has 0 aromatic heterocycles. The number of carbonyl (C=O) groups is 1. The molecule has 1 aliphatic rings. The Morgan fingerprint density at radius 1 is 1.59 bits per heavy atom. The SMILES string of the molecule is N#CC1CCCN1C(=O)c1ccc(Cl)cc1F. The van der Waals surface area contributed by atoms with Crippen LogP contribution in [-0.4, -0.2) is 23.4 Å². The van der Waals surface area contributed by atoms with Crippen LogP contribution in [0.2, 0.25) is 5.02 Å². The fraction of sp³-hybridized carbons (Fsp3) is 0.333. The molecule has 0 N–H and O–H groups in total. The quantitative estimate of drug-likeness (QED) is 0.771. The highest BCUT2D eigenvalue weighted by molar-refractivity contribution is 6.30. The summed E-state index contributed by atoms with van der Waals surface area (Å²) in [5.74, 6) is -1.09. The molecule has 1 aliphatic heterocycles. The predicted octanol–water partition coefficient (Wildman–Crippen LogP) is 2.61. The van der Waals surface area contributed by atoms with Crippen molar-refractivity contribution in [2.24, 2.45) is 0 Å². The first-order chi connectivity index (χ1) is 8.13. The largest absolute Gasteiger partial charge is 0.323 e. The number of benzene rings is 1. The molecule has 0 bridgehead atoms. The topological polar surface area (TPSA) is 44.1 Å². The standard InChI is InChI=1S/C12H10ClFN2O/c13-8-3-4-10(11(14)6-8)12(17)16-5-1-2-9(16)7-15/h3-4,6,9H,1-2,5H2. The molecule has 17 heavy (non-hydrogen) atoms. The van der Waals surface area contributed by atoms with Crippen LogP contribution < -0.4 is 0 Å². The van der Waals surface area contributed by atoms with Gasteiger partial charge in [-0.3, -0.25) is 4.79 Å².